The maximum absolute atomic E-state index is 8.80. The molecule has 2 heterocycles. The van der Waals surface area contributed by atoms with E-state index >= 15 is 0 Å². The van der Waals surface area contributed by atoms with Crippen LogP contribution in [-0.2, 0) is 0 Å². The number of unbranched alkanes of at least 4 members (excludes halogenated alkanes) is 1. The van der Waals surface area contributed by atoms with Crippen LogP contribution in [0.3, 0.4) is 0 Å². The molecule has 2 unspecified atom stereocenters. The van der Waals surface area contributed by atoms with Crippen LogP contribution in [-0.4, -0.2) is 48.3 Å². The molecule has 0 amide bonds. The zero-order chi connectivity index (χ0) is 10.9. The largest absolute Gasteiger partial charge is 0.396 e. The highest BCUT2D eigenvalue weighted by molar-refractivity contribution is 5.04. The van der Waals surface area contributed by atoms with E-state index in [2.05, 4.69) is 24.1 Å². The molecule has 2 aliphatic heterocycles. The van der Waals surface area contributed by atoms with Gasteiger partial charge < -0.3 is 10.4 Å². The van der Waals surface area contributed by atoms with E-state index < -0.39 is 0 Å². The molecular formula is C12H24N2O. The smallest absolute Gasteiger partial charge is 0.0431 e. The molecule has 2 N–H and O–H groups in total. The van der Waals surface area contributed by atoms with E-state index in [1.165, 1.54) is 19.6 Å². The lowest BCUT2D eigenvalue weighted by Crippen LogP contribution is -2.44. The summed E-state index contributed by atoms with van der Waals surface area (Å²) in [4.78, 5) is 2.62. The van der Waals surface area contributed by atoms with Crippen LogP contribution in [0.1, 0.15) is 26.7 Å². The third-order valence-electron chi connectivity index (χ3n) is 4.35. The molecule has 0 saturated carbocycles. The molecular weight excluding hydrogens is 188 g/mol. The Labute approximate surface area is 92.8 Å². The van der Waals surface area contributed by atoms with Crippen LogP contribution in [0.4, 0.5) is 0 Å². The molecule has 2 fully saturated rings. The van der Waals surface area contributed by atoms with Gasteiger partial charge in [0.25, 0.3) is 0 Å². The van der Waals surface area contributed by atoms with Gasteiger partial charge in [0.2, 0.25) is 0 Å². The number of aliphatic hydroxyl groups excluding tert-OH is 1. The molecule has 0 aromatic heterocycles. The fraction of sp³-hybridized carbons (Fsp3) is 1.00. The highest BCUT2D eigenvalue weighted by Crippen LogP contribution is 2.40. The topological polar surface area (TPSA) is 35.5 Å². The summed E-state index contributed by atoms with van der Waals surface area (Å²) in [5.41, 5.74) is 0.351. The van der Waals surface area contributed by atoms with Gasteiger partial charge >= 0.3 is 0 Å². The number of rotatable bonds is 4. The third kappa shape index (κ3) is 2.05. The molecule has 2 aliphatic rings. The van der Waals surface area contributed by atoms with Crippen molar-refractivity contribution in [3.63, 3.8) is 0 Å². The summed E-state index contributed by atoms with van der Waals surface area (Å²) >= 11 is 0. The van der Waals surface area contributed by atoms with Gasteiger partial charge in [0.05, 0.1) is 0 Å². The molecule has 3 nitrogen and oxygen atoms in total. The average molecular weight is 212 g/mol. The lowest BCUT2D eigenvalue weighted by atomic mass is 9.85. The van der Waals surface area contributed by atoms with Crippen molar-refractivity contribution in [2.75, 3.05) is 32.8 Å². The second kappa shape index (κ2) is 4.40. The van der Waals surface area contributed by atoms with E-state index in [1.807, 2.05) is 0 Å². The van der Waals surface area contributed by atoms with E-state index in [4.69, 9.17) is 5.11 Å². The highest BCUT2D eigenvalue weighted by Gasteiger charge is 2.48. The summed E-state index contributed by atoms with van der Waals surface area (Å²) in [5.74, 6) is 1.68. The molecule has 0 radical (unpaired) electrons. The molecule has 88 valence electrons. The molecule has 0 aromatic rings. The van der Waals surface area contributed by atoms with Gasteiger partial charge in [0, 0.05) is 25.2 Å². The van der Waals surface area contributed by atoms with Crippen LogP contribution >= 0.6 is 0 Å². The van der Waals surface area contributed by atoms with E-state index in [9.17, 15) is 0 Å². The minimum absolute atomic E-state index is 0.336. The van der Waals surface area contributed by atoms with E-state index in [1.54, 1.807) is 0 Å². The standard InChI is InChI=1S/C12H24N2O/c1-12(2)11-8-13-7-10(11)9-14(12)5-3-4-6-15/h10-11,13,15H,3-9H2,1-2H3. The van der Waals surface area contributed by atoms with Crippen LogP contribution in [0, 0.1) is 11.8 Å². The molecule has 2 atom stereocenters. The zero-order valence-corrected chi connectivity index (χ0v) is 10.00. The normalized spacial score (nSPS) is 34.6. The number of nitrogens with zero attached hydrogens (tertiary/aromatic N) is 1. The minimum Gasteiger partial charge on any atom is -0.396 e. The first kappa shape index (κ1) is 11.4. The second-order valence-electron chi connectivity index (χ2n) is 5.56. The molecule has 0 aromatic carbocycles. The van der Waals surface area contributed by atoms with Crippen LogP contribution in [0.15, 0.2) is 0 Å². The summed E-state index contributed by atoms with van der Waals surface area (Å²) in [7, 11) is 0. The molecule has 0 aliphatic carbocycles. The summed E-state index contributed by atoms with van der Waals surface area (Å²) in [5, 5.41) is 12.3. The highest BCUT2D eigenvalue weighted by atomic mass is 16.2. The Morgan fingerprint density at radius 2 is 2.13 bits per heavy atom. The Morgan fingerprint density at radius 3 is 2.80 bits per heavy atom. The van der Waals surface area contributed by atoms with Crippen molar-refractivity contribution in [3.8, 4) is 0 Å². The van der Waals surface area contributed by atoms with Gasteiger partial charge in [-0.05, 0) is 51.6 Å². The zero-order valence-electron chi connectivity index (χ0n) is 10.00. The predicted octanol–water partition coefficient (Wildman–Crippen LogP) is 0.689. The van der Waals surface area contributed by atoms with Crippen molar-refractivity contribution in [1.82, 2.24) is 10.2 Å². The van der Waals surface area contributed by atoms with Crippen molar-refractivity contribution < 1.29 is 5.11 Å². The molecule has 0 spiro atoms. The summed E-state index contributed by atoms with van der Waals surface area (Å²) in [6, 6.07) is 0. The van der Waals surface area contributed by atoms with Crippen LogP contribution in [0.25, 0.3) is 0 Å². The number of nitrogens with one attached hydrogen (secondary N) is 1. The lowest BCUT2D eigenvalue weighted by molar-refractivity contribution is 0.134. The van der Waals surface area contributed by atoms with Gasteiger partial charge in [-0.25, -0.2) is 0 Å². The fourth-order valence-corrected chi connectivity index (χ4v) is 3.30. The van der Waals surface area contributed by atoms with Crippen molar-refractivity contribution in [2.45, 2.75) is 32.2 Å². The first-order chi connectivity index (χ1) is 7.16. The fourth-order valence-electron chi connectivity index (χ4n) is 3.30. The van der Waals surface area contributed by atoms with Crippen molar-refractivity contribution >= 4 is 0 Å². The second-order valence-corrected chi connectivity index (χ2v) is 5.56. The Bertz CT molecular complexity index is 218. The van der Waals surface area contributed by atoms with Crippen molar-refractivity contribution in [3.05, 3.63) is 0 Å². The van der Waals surface area contributed by atoms with Gasteiger partial charge in [-0.1, -0.05) is 0 Å². The van der Waals surface area contributed by atoms with Crippen LogP contribution in [0.2, 0.25) is 0 Å². The quantitative estimate of drug-likeness (QED) is 0.673. The Balaban J connectivity index is 1.90. The van der Waals surface area contributed by atoms with Gasteiger partial charge in [-0.3, -0.25) is 4.90 Å². The number of fused-ring (bicyclic) bond motifs is 1. The first-order valence-corrected chi connectivity index (χ1v) is 6.23. The number of hydrogen-bond acceptors (Lipinski definition) is 3. The van der Waals surface area contributed by atoms with Crippen LogP contribution < -0.4 is 5.32 Å². The molecule has 2 rings (SSSR count). The SMILES string of the molecule is CC1(C)C2CNCC2CN1CCCCO. The Morgan fingerprint density at radius 1 is 1.33 bits per heavy atom. The summed E-state index contributed by atoms with van der Waals surface area (Å²) in [6.45, 7) is 9.88. The predicted molar refractivity (Wildman–Crippen MR) is 61.8 cm³/mol. The lowest BCUT2D eigenvalue weighted by Gasteiger charge is -2.35. The number of hydrogen-bond donors (Lipinski definition) is 2. The Kier molecular flexibility index (Phi) is 3.33. The summed E-state index contributed by atoms with van der Waals surface area (Å²) < 4.78 is 0. The third-order valence-corrected chi connectivity index (χ3v) is 4.35. The van der Waals surface area contributed by atoms with Gasteiger partial charge in [0.1, 0.15) is 0 Å². The molecule has 2 saturated heterocycles. The monoisotopic (exact) mass is 212 g/mol. The molecule has 15 heavy (non-hydrogen) atoms. The number of aliphatic hydroxyl groups is 1. The maximum Gasteiger partial charge on any atom is 0.0431 e. The van der Waals surface area contributed by atoms with E-state index in [0.717, 1.165) is 31.2 Å². The maximum atomic E-state index is 8.80. The van der Waals surface area contributed by atoms with Gasteiger partial charge in [-0.2, -0.15) is 0 Å². The Hall–Kier alpha value is -0.120. The summed E-state index contributed by atoms with van der Waals surface area (Å²) in [6.07, 6.45) is 2.08. The van der Waals surface area contributed by atoms with E-state index in [0.29, 0.717) is 12.1 Å². The van der Waals surface area contributed by atoms with Crippen molar-refractivity contribution in [1.29, 1.82) is 0 Å². The van der Waals surface area contributed by atoms with Gasteiger partial charge in [0.15, 0.2) is 0 Å². The van der Waals surface area contributed by atoms with E-state index in [-0.39, 0.29) is 0 Å². The van der Waals surface area contributed by atoms with Crippen LogP contribution in [0.5, 0.6) is 0 Å². The number of likely N-dealkylation sites (tertiary alicyclic amines) is 1. The molecule has 0 bridgehead atoms. The average Bonchev–Trinajstić information content (AvgIpc) is 2.72. The minimum atomic E-state index is 0.336. The molecule has 3 heteroatoms. The first-order valence-electron chi connectivity index (χ1n) is 6.23. The van der Waals surface area contributed by atoms with Gasteiger partial charge in [-0.15, -0.1) is 0 Å². The van der Waals surface area contributed by atoms with Crippen molar-refractivity contribution in [2.24, 2.45) is 11.8 Å².